The van der Waals surface area contributed by atoms with Crippen molar-refractivity contribution in [3.05, 3.63) is 36.7 Å². The molecule has 0 saturated heterocycles. The van der Waals surface area contributed by atoms with Gasteiger partial charge in [-0.15, -0.1) is 10.2 Å². The normalized spacial score (nSPS) is 9.80. The number of benzene rings is 1. The van der Waals surface area contributed by atoms with Crippen LogP contribution in [0.2, 0.25) is 0 Å². The zero-order chi connectivity index (χ0) is 10.5. The summed E-state index contributed by atoms with van der Waals surface area (Å²) >= 11 is 1.38. The molecule has 0 aliphatic heterocycles. The van der Waals surface area contributed by atoms with E-state index in [1.165, 1.54) is 11.8 Å². The number of thioether (sulfide) groups is 1. The summed E-state index contributed by atoms with van der Waals surface area (Å²) in [5.41, 5.74) is 1.00. The fourth-order valence-corrected chi connectivity index (χ4v) is 1.78. The molecule has 0 radical (unpaired) electrons. The first-order valence-corrected chi connectivity index (χ1v) is 5.35. The number of rotatable bonds is 3. The SMILES string of the molecule is N#CCSc1nncn1-c1ccccc1. The van der Waals surface area contributed by atoms with E-state index in [0.717, 1.165) is 10.8 Å². The standard InChI is InChI=1S/C10H8N4S/c11-6-7-15-10-13-12-8-14(10)9-4-2-1-3-5-9/h1-5,8H,7H2. The van der Waals surface area contributed by atoms with Gasteiger partial charge in [-0.1, -0.05) is 30.0 Å². The van der Waals surface area contributed by atoms with Gasteiger partial charge in [0.15, 0.2) is 5.16 Å². The maximum absolute atomic E-state index is 8.50. The van der Waals surface area contributed by atoms with E-state index in [9.17, 15) is 0 Å². The molecule has 0 N–H and O–H groups in total. The maximum Gasteiger partial charge on any atom is 0.196 e. The Kier molecular flexibility index (Phi) is 3.00. The predicted octanol–water partition coefficient (Wildman–Crippen LogP) is 1.88. The highest BCUT2D eigenvalue weighted by Crippen LogP contribution is 2.18. The molecule has 0 aliphatic carbocycles. The Morgan fingerprint density at radius 2 is 2.13 bits per heavy atom. The zero-order valence-electron chi connectivity index (χ0n) is 7.87. The Hall–Kier alpha value is -1.80. The second-order valence-electron chi connectivity index (χ2n) is 2.77. The lowest BCUT2D eigenvalue weighted by Crippen LogP contribution is -1.94. The van der Waals surface area contributed by atoms with E-state index in [4.69, 9.17) is 5.26 Å². The number of aromatic nitrogens is 3. The number of para-hydroxylation sites is 1. The summed E-state index contributed by atoms with van der Waals surface area (Å²) in [6, 6.07) is 11.9. The van der Waals surface area contributed by atoms with Crippen molar-refractivity contribution in [2.75, 3.05) is 5.75 Å². The van der Waals surface area contributed by atoms with Crippen molar-refractivity contribution in [3.8, 4) is 11.8 Å². The number of nitriles is 1. The van der Waals surface area contributed by atoms with Gasteiger partial charge >= 0.3 is 0 Å². The van der Waals surface area contributed by atoms with Crippen LogP contribution in [0, 0.1) is 11.3 Å². The van der Waals surface area contributed by atoms with E-state index in [0.29, 0.717) is 5.75 Å². The summed E-state index contributed by atoms with van der Waals surface area (Å²) in [7, 11) is 0. The molecular formula is C10H8N4S. The van der Waals surface area contributed by atoms with Gasteiger partial charge in [0.2, 0.25) is 0 Å². The summed E-state index contributed by atoms with van der Waals surface area (Å²) < 4.78 is 1.86. The van der Waals surface area contributed by atoms with E-state index in [-0.39, 0.29) is 0 Å². The third-order valence-corrected chi connectivity index (χ3v) is 2.63. The maximum atomic E-state index is 8.50. The predicted molar refractivity (Wildman–Crippen MR) is 57.7 cm³/mol. The number of hydrogen-bond donors (Lipinski definition) is 0. The Morgan fingerprint density at radius 3 is 2.87 bits per heavy atom. The average Bonchev–Trinajstić information content (AvgIpc) is 2.75. The van der Waals surface area contributed by atoms with Crippen molar-refractivity contribution < 1.29 is 0 Å². The zero-order valence-corrected chi connectivity index (χ0v) is 8.68. The second kappa shape index (κ2) is 4.62. The van der Waals surface area contributed by atoms with E-state index < -0.39 is 0 Å². The molecule has 0 aliphatic rings. The summed E-state index contributed by atoms with van der Waals surface area (Å²) in [6.07, 6.45) is 1.65. The molecule has 0 saturated carbocycles. The monoisotopic (exact) mass is 216 g/mol. The molecule has 4 nitrogen and oxygen atoms in total. The molecule has 15 heavy (non-hydrogen) atoms. The van der Waals surface area contributed by atoms with Crippen LogP contribution in [0.25, 0.3) is 5.69 Å². The Bertz CT molecular complexity index is 472. The second-order valence-corrected chi connectivity index (χ2v) is 3.71. The molecule has 0 bridgehead atoms. The van der Waals surface area contributed by atoms with Crippen LogP contribution >= 0.6 is 11.8 Å². The molecule has 0 amide bonds. The third-order valence-electron chi connectivity index (χ3n) is 1.82. The lowest BCUT2D eigenvalue weighted by Gasteiger charge is -2.03. The lowest BCUT2D eigenvalue weighted by atomic mass is 10.3. The molecule has 0 unspecified atom stereocenters. The molecule has 2 rings (SSSR count). The van der Waals surface area contributed by atoms with Crippen molar-refractivity contribution in [2.24, 2.45) is 0 Å². The Morgan fingerprint density at radius 1 is 1.33 bits per heavy atom. The Labute approximate surface area is 91.6 Å². The van der Waals surface area contributed by atoms with Crippen LogP contribution in [-0.4, -0.2) is 20.5 Å². The molecule has 1 aromatic carbocycles. The lowest BCUT2D eigenvalue weighted by molar-refractivity contribution is 0.885. The van der Waals surface area contributed by atoms with Gasteiger partial charge in [0.25, 0.3) is 0 Å². The molecule has 1 aromatic heterocycles. The van der Waals surface area contributed by atoms with Crippen LogP contribution in [0.3, 0.4) is 0 Å². The summed E-state index contributed by atoms with van der Waals surface area (Å²) in [4.78, 5) is 0. The molecular weight excluding hydrogens is 208 g/mol. The van der Waals surface area contributed by atoms with Crippen LogP contribution in [-0.2, 0) is 0 Å². The van der Waals surface area contributed by atoms with E-state index in [1.807, 2.05) is 34.9 Å². The Balaban J connectivity index is 2.30. The number of nitrogens with zero attached hydrogens (tertiary/aromatic N) is 4. The van der Waals surface area contributed by atoms with E-state index >= 15 is 0 Å². The van der Waals surface area contributed by atoms with Gasteiger partial charge < -0.3 is 0 Å². The van der Waals surface area contributed by atoms with E-state index in [1.54, 1.807) is 6.33 Å². The summed E-state index contributed by atoms with van der Waals surface area (Å²) in [5.74, 6) is 0.380. The van der Waals surface area contributed by atoms with Gasteiger partial charge in [-0.25, -0.2) is 0 Å². The molecule has 0 spiro atoms. The van der Waals surface area contributed by atoms with Crippen molar-refractivity contribution in [1.82, 2.24) is 14.8 Å². The minimum Gasteiger partial charge on any atom is -0.277 e. The highest BCUT2D eigenvalue weighted by atomic mass is 32.2. The summed E-state index contributed by atoms with van der Waals surface area (Å²) in [6.45, 7) is 0. The van der Waals surface area contributed by atoms with Gasteiger partial charge in [0.1, 0.15) is 6.33 Å². The minimum atomic E-state index is 0.380. The van der Waals surface area contributed by atoms with Gasteiger partial charge in [-0.2, -0.15) is 5.26 Å². The molecule has 1 heterocycles. The average molecular weight is 216 g/mol. The van der Waals surface area contributed by atoms with Crippen molar-refractivity contribution >= 4 is 11.8 Å². The van der Waals surface area contributed by atoms with Gasteiger partial charge in [0.05, 0.1) is 11.8 Å². The molecule has 74 valence electrons. The first kappa shape index (κ1) is 9.74. The molecule has 5 heteroatoms. The van der Waals surface area contributed by atoms with Gasteiger partial charge in [-0.05, 0) is 12.1 Å². The highest BCUT2D eigenvalue weighted by molar-refractivity contribution is 7.99. The largest absolute Gasteiger partial charge is 0.277 e. The van der Waals surface area contributed by atoms with Crippen LogP contribution < -0.4 is 0 Å². The van der Waals surface area contributed by atoms with Gasteiger partial charge in [-0.3, -0.25) is 4.57 Å². The third kappa shape index (κ3) is 2.17. The van der Waals surface area contributed by atoms with Crippen LogP contribution in [0.5, 0.6) is 0 Å². The van der Waals surface area contributed by atoms with Crippen LogP contribution in [0.15, 0.2) is 41.8 Å². The van der Waals surface area contributed by atoms with Crippen LogP contribution in [0.1, 0.15) is 0 Å². The first-order chi connectivity index (χ1) is 7.42. The smallest absolute Gasteiger partial charge is 0.196 e. The molecule has 0 atom stereocenters. The van der Waals surface area contributed by atoms with Crippen molar-refractivity contribution in [1.29, 1.82) is 5.26 Å². The minimum absolute atomic E-state index is 0.380. The fourth-order valence-electron chi connectivity index (χ4n) is 1.19. The number of hydrogen-bond acceptors (Lipinski definition) is 4. The highest BCUT2D eigenvalue weighted by Gasteiger charge is 2.05. The van der Waals surface area contributed by atoms with E-state index in [2.05, 4.69) is 16.3 Å². The first-order valence-electron chi connectivity index (χ1n) is 4.37. The van der Waals surface area contributed by atoms with Gasteiger partial charge in [0, 0.05) is 5.69 Å². The van der Waals surface area contributed by atoms with Crippen LogP contribution in [0.4, 0.5) is 0 Å². The van der Waals surface area contributed by atoms with Crippen molar-refractivity contribution in [3.63, 3.8) is 0 Å². The fraction of sp³-hybridized carbons (Fsp3) is 0.100. The molecule has 0 fully saturated rings. The van der Waals surface area contributed by atoms with Crippen molar-refractivity contribution in [2.45, 2.75) is 5.16 Å². The molecule has 2 aromatic rings. The topological polar surface area (TPSA) is 54.5 Å². The summed E-state index contributed by atoms with van der Waals surface area (Å²) in [5, 5.41) is 17.0. The quantitative estimate of drug-likeness (QED) is 0.735.